The van der Waals surface area contributed by atoms with Gasteiger partial charge in [-0.05, 0) is 57.9 Å². The Morgan fingerprint density at radius 3 is 1.73 bits per heavy atom. The Kier molecular flexibility index (Phi) is 8.96. The molecule has 0 saturated heterocycles. The van der Waals surface area contributed by atoms with Crippen molar-refractivity contribution in [3.8, 4) is 0 Å². The van der Waals surface area contributed by atoms with E-state index in [0.29, 0.717) is 6.61 Å². The summed E-state index contributed by atoms with van der Waals surface area (Å²) in [6, 6.07) is 0. The summed E-state index contributed by atoms with van der Waals surface area (Å²) in [6.07, 6.45) is 1.64. The van der Waals surface area contributed by atoms with E-state index >= 15 is 0 Å². The second-order valence-corrected chi connectivity index (χ2v) is 20.2. The van der Waals surface area contributed by atoms with Crippen LogP contribution in [0.5, 0.6) is 0 Å². The molecule has 132 valence electrons. The van der Waals surface area contributed by atoms with Crippen LogP contribution < -0.4 is 0 Å². The fourth-order valence-corrected chi connectivity index (χ4v) is 13.8. The maximum Gasteiger partial charge on any atom is 0.346 e. The quantitative estimate of drug-likeness (QED) is 0.582. The summed E-state index contributed by atoms with van der Waals surface area (Å²) >= 11 is 0. The standard InChI is InChI=1S/C14H34O5Si3/c1-13(11-15)17-10-9-14(12-16)22(8,18-20(2,3)4)19-21(5,6)7/h9,13,15-16H,10-12H2,1-8H3/b14-9+. The van der Waals surface area contributed by atoms with E-state index < -0.39 is 25.2 Å². The SMILES string of the molecule is CC(CO)OC/C=C(\CO)[Si](C)(O[Si](C)(C)C)O[Si](C)(C)C. The predicted octanol–water partition coefficient (Wildman–Crippen LogP) is 2.62. The molecule has 0 aromatic rings. The van der Waals surface area contributed by atoms with E-state index in [1.807, 2.05) is 12.6 Å². The lowest BCUT2D eigenvalue weighted by Crippen LogP contribution is -2.54. The van der Waals surface area contributed by atoms with Gasteiger partial charge in [-0.2, -0.15) is 0 Å². The number of hydrogen-bond donors (Lipinski definition) is 2. The highest BCUT2D eigenvalue weighted by molar-refractivity contribution is 6.91. The van der Waals surface area contributed by atoms with E-state index in [-0.39, 0.29) is 19.3 Å². The minimum Gasteiger partial charge on any atom is -0.434 e. The van der Waals surface area contributed by atoms with E-state index in [1.54, 1.807) is 6.92 Å². The van der Waals surface area contributed by atoms with Crippen molar-refractivity contribution in [2.45, 2.75) is 58.9 Å². The van der Waals surface area contributed by atoms with Gasteiger partial charge in [-0.15, -0.1) is 0 Å². The highest BCUT2D eigenvalue weighted by atomic mass is 28.5. The van der Waals surface area contributed by atoms with E-state index in [0.717, 1.165) is 5.20 Å². The van der Waals surface area contributed by atoms with Gasteiger partial charge in [0.1, 0.15) is 0 Å². The Bertz CT molecular complexity index is 344. The number of hydrogen-bond acceptors (Lipinski definition) is 5. The van der Waals surface area contributed by atoms with Gasteiger partial charge in [0.2, 0.25) is 0 Å². The molecule has 5 nitrogen and oxygen atoms in total. The zero-order chi connectivity index (χ0) is 17.6. The topological polar surface area (TPSA) is 68.2 Å². The van der Waals surface area contributed by atoms with Gasteiger partial charge in [0.15, 0.2) is 16.6 Å². The Labute approximate surface area is 138 Å². The fourth-order valence-electron chi connectivity index (χ4n) is 2.08. The first-order valence-electron chi connectivity index (χ1n) is 7.76. The molecule has 0 heterocycles. The van der Waals surface area contributed by atoms with Gasteiger partial charge < -0.3 is 23.2 Å². The second-order valence-electron chi connectivity index (χ2n) is 7.59. The first-order valence-corrected chi connectivity index (χ1v) is 16.9. The van der Waals surface area contributed by atoms with Crippen LogP contribution in [0.25, 0.3) is 0 Å². The van der Waals surface area contributed by atoms with Gasteiger partial charge in [-0.3, -0.25) is 0 Å². The molecule has 1 unspecified atom stereocenters. The van der Waals surface area contributed by atoms with Crippen LogP contribution in [-0.2, 0) is 13.0 Å². The molecule has 0 aromatic heterocycles. The lowest BCUT2D eigenvalue weighted by Gasteiger charge is -2.39. The molecule has 22 heavy (non-hydrogen) atoms. The molecule has 0 radical (unpaired) electrons. The molecule has 0 bridgehead atoms. The van der Waals surface area contributed by atoms with E-state index in [2.05, 4.69) is 39.3 Å². The van der Waals surface area contributed by atoms with Crippen LogP contribution in [0.4, 0.5) is 0 Å². The van der Waals surface area contributed by atoms with E-state index in [4.69, 9.17) is 18.1 Å². The molecular weight excluding hydrogens is 332 g/mol. The third-order valence-corrected chi connectivity index (χ3v) is 12.3. The Morgan fingerprint density at radius 1 is 0.955 bits per heavy atom. The lowest BCUT2D eigenvalue weighted by molar-refractivity contribution is 0.0408. The van der Waals surface area contributed by atoms with Crippen LogP contribution >= 0.6 is 0 Å². The van der Waals surface area contributed by atoms with Crippen LogP contribution in [0.3, 0.4) is 0 Å². The van der Waals surface area contributed by atoms with Crippen molar-refractivity contribution in [3.05, 3.63) is 11.3 Å². The summed E-state index contributed by atoms with van der Waals surface area (Å²) in [6.45, 7) is 16.8. The molecule has 0 saturated carbocycles. The smallest absolute Gasteiger partial charge is 0.346 e. The Hall–Kier alpha value is 0.191. The maximum absolute atomic E-state index is 9.81. The number of ether oxygens (including phenoxy) is 1. The van der Waals surface area contributed by atoms with Crippen molar-refractivity contribution in [1.29, 1.82) is 0 Å². The summed E-state index contributed by atoms with van der Waals surface area (Å²) in [5.41, 5.74) is 0. The van der Waals surface area contributed by atoms with Gasteiger partial charge in [0.05, 0.1) is 25.9 Å². The van der Waals surface area contributed by atoms with Gasteiger partial charge in [-0.1, -0.05) is 6.08 Å². The summed E-state index contributed by atoms with van der Waals surface area (Å²) in [4.78, 5) is 0. The number of aliphatic hydroxyl groups excluding tert-OH is 2. The zero-order valence-corrected chi connectivity index (χ0v) is 18.4. The first-order chi connectivity index (χ1) is 9.83. The highest BCUT2D eigenvalue weighted by Gasteiger charge is 2.43. The Balaban J connectivity index is 5.28. The molecule has 0 aliphatic heterocycles. The molecule has 0 amide bonds. The van der Waals surface area contributed by atoms with Crippen molar-refractivity contribution < 1.29 is 23.2 Å². The molecule has 8 heteroatoms. The van der Waals surface area contributed by atoms with E-state index in [9.17, 15) is 5.11 Å². The summed E-state index contributed by atoms with van der Waals surface area (Å²) in [5.74, 6) is 0. The largest absolute Gasteiger partial charge is 0.434 e. The van der Waals surface area contributed by atoms with Gasteiger partial charge in [-0.25, -0.2) is 0 Å². The number of aliphatic hydroxyl groups is 2. The monoisotopic (exact) mass is 366 g/mol. The molecule has 0 aliphatic carbocycles. The summed E-state index contributed by atoms with van der Waals surface area (Å²) < 4.78 is 18.3. The summed E-state index contributed by atoms with van der Waals surface area (Å²) in [7, 11) is -6.27. The average molecular weight is 367 g/mol. The van der Waals surface area contributed by atoms with Crippen LogP contribution in [0, 0.1) is 0 Å². The van der Waals surface area contributed by atoms with Crippen LogP contribution in [0.1, 0.15) is 6.92 Å². The highest BCUT2D eigenvalue weighted by Crippen LogP contribution is 2.26. The Morgan fingerprint density at radius 2 is 1.41 bits per heavy atom. The molecule has 0 fully saturated rings. The minimum absolute atomic E-state index is 0.0200. The lowest BCUT2D eigenvalue weighted by atomic mass is 10.4. The van der Waals surface area contributed by atoms with Crippen molar-refractivity contribution in [2.24, 2.45) is 0 Å². The molecular formula is C14H34O5Si3. The summed E-state index contributed by atoms with van der Waals surface area (Å²) in [5, 5.41) is 19.6. The minimum atomic E-state index is -2.64. The van der Waals surface area contributed by atoms with Gasteiger partial charge in [0, 0.05) is 0 Å². The third-order valence-electron chi connectivity index (χ3n) is 2.72. The first kappa shape index (κ1) is 22.2. The zero-order valence-electron chi connectivity index (χ0n) is 15.4. The van der Waals surface area contributed by atoms with E-state index in [1.165, 1.54) is 0 Å². The van der Waals surface area contributed by atoms with Crippen molar-refractivity contribution in [2.75, 3.05) is 19.8 Å². The molecule has 0 aromatic carbocycles. The molecule has 0 rings (SSSR count). The molecule has 1 atom stereocenters. The molecule has 0 spiro atoms. The predicted molar refractivity (Wildman–Crippen MR) is 98.1 cm³/mol. The normalized spacial score (nSPS) is 16.0. The maximum atomic E-state index is 9.81. The average Bonchev–Trinajstić information content (AvgIpc) is 2.28. The van der Waals surface area contributed by atoms with Crippen molar-refractivity contribution in [1.82, 2.24) is 0 Å². The van der Waals surface area contributed by atoms with Crippen molar-refractivity contribution in [3.63, 3.8) is 0 Å². The second kappa shape index (κ2) is 8.88. The molecule has 2 N–H and O–H groups in total. The third kappa shape index (κ3) is 9.36. The van der Waals surface area contributed by atoms with Gasteiger partial charge >= 0.3 is 8.56 Å². The fraction of sp³-hybridized carbons (Fsp3) is 0.857. The number of rotatable bonds is 10. The molecule has 0 aliphatic rings. The van der Waals surface area contributed by atoms with Crippen LogP contribution in [0.15, 0.2) is 11.3 Å². The van der Waals surface area contributed by atoms with Crippen LogP contribution in [-0.4, -0.2) is 61.3 Å². The van der Waals surface area contributed by atoms with Gasteiger partial charge in [0.25, 0.3) is 0 Å². The van der Waals surface area contributed by atoms with Crippen molar-refractivity contribution >= 4 is 25.2 Å². The van der Waals surface area contributed by atoms with Crippen LogP contribution in [0.2, 0.25) is 45.8 Å².